The maximum atomic E-state index is 14.1. The van der Waals surface area contributed by atoms with E-state index in [-0.39, 0.29) is 5.91 Å². The van der Waals surface area contributed by atoms with Crippen molar-refractivity contribution in [2.45, 2.75) is 18.7 Å². The Morgan fingerprint density at radius 3 is 2.66 bits per heavy atom. The fourth-order valence-electron chi connectivity index (χ4n) is 4.49. The first-order valence-corrected chi connectivity index (χ1v) is 10.9. The van der Waals surface area contributed by atoms with Crippen LogP contribution in [0.5, 0.6) is 5.75 Å². The summed E-state index contributed by atoms with van der Waals surface area (Å²) in [6.45, 7) is 1.81. The number of rotatable bonds is 3. The van der Waals surface area contributed by atoms with Gasteiger partial charge in [-0.05, 0) is 67.7 Å². The molecule has 0 aliphatic carbocycles. The third-order valence-electron chi connectivity index (χ3n) is 5.87. The number of benzene rings is 3. The molecule has 162 valence electrons. The van der Waals surface area contributed by atoms with E-state index in [1.54, 1.807) is 48.2 Å². The molecule has 2 bridgehead atoms. The van der Waals surface area contributed by atoms with Gasteiger partial charge in [-0.2, -0.15) is 0 Å². The van der Waals surface area contributed by atoms with Gasteiger partial charge in [-0.15, -0.1) is 0 Å². The lowest BCUT2D eigenvalue weighted by Gasteiger charge is -2.56. The lowest BCUT2D eigenvalue weighted by atomic mass is 9.78. The lowest BCUT2D eigenvalue weighted by molar-refractivity contribution is -0.130. The first-order valence-electron chi connectivity index (χ1n) is 10.1. The van der Waals surface area contributed by atoms with Crippen molar-refractivity contribution in [1.29, 1.82) is 0 Å². The second kappa shape index (κ2) is 7.76. The number of para-hydroxylation sites is 1. The summed E-state index contributed by atoms with van der Waals surface area (Å²) in [6, 6.07) is 20.1. The van der Waals surface area contributed by atoms with Crippen molar-refractivity contribution in [2.75, 3.05) is 10.2 Å². The highest BCUT2D eigenvalue weighted by Crippen LogP contribution is 2.49. The SMILES string of the molecule is C[C@@]12Oc3ccccc3[C@@H](NC(=S)N1c1cccc(F)c1)[C@H]2C(=O)Nc1ccc(Cl)cc1. The Kier molecular flexibility index (Phi) is 5.03. The molecule has 0 saturated carbocycles. The predicted molar refractivity (Wildman–Crippen MR) is 126 cm³/mol. The van der Waals surface area contributed by atoms with Gasteiger partial charge < -0.3 is 15.4 Å². The number of nitrogens with one attached hydrogen (secondary N) is 2. The van der Waals surface area contributed by atoms with Crippen LogP contribution >= 0.6 is 23.8 Å². The number of carbonyl (C=O) groups is 1. The van der Waals surface area contributed by atoms with E-state index >= 15 is 0 Å². The summed E-state index contributed by atoms with van der Waals surface area (Å²) < 4.78 is 20.5. The van der Waals surface area contributed by atoms with Crippen molar-refractivity contribution >= 4 is 46.2 Å². The molecule has 2 aliphatic rings. The molecular formula is C24H19ClFN3O2S. The normalized spacial score (nSPS) is 23.6. The van der Waals surface area contributed by atoms with Crippen molar-refractivity contribution in [3.05, 3.63) is 89.2 Å². The average molecular weight is 468 g/mol. The molecule has 2 aliphatic heterocycles. The number of thiocarbonyl (C=S) groups is 1. The van der Waals surface area contributed by atoms with Crippen molar-refractivity contribution in [3.63, 3.8) is 0 Å². The molecule has 3 aromatic carbocycles. The van der Waals surface area contributed by atoms with E-state index in [0.29, 0.717) is 27.3 Å². The predicted octanol–water partition coefficient (Wildman–Crippen LogP) is 5.28. The van der Waals surface area contributed by atoms with Gasteiger partial charge in [-0.1, -0.05) is 35.9 Å². The van der Waals surface area contributed by atoms with Crippen LogP contribution in [0.25, 0.3) is 0 Å². The molecule has 1 amide bonds. The van der Waals surface area contributed by atoms with Crippen LogP contribution < -0.4 is 20.3 Å². The lowest BCUT2D eigenvalue weighted by Crippen LogP contribution is -2.72. The molecule has 0 aromatic heterocycles. The van der Waals surface area contributed by atoms with E-state index in [2.05, 4.69) is 10.6 Å². The van der Waals surface area contributed by atoms with Gasteiger partial charge in [0.15, 0.2) is 10.8 Å². The molecular weight excluding hydrogens is 449 g/mol. The molecule has 0 spiro atoms. The summed E-state index contributed by atoms with van der Waals surface area (Å²) in [6.07, 6.45) is 0. The molecule has 32 heavy (non-hydrogen) atoms. The van der Waals surface area contributed by atoms with Gasteiger partial charge in [0.2, 0.25) is 5.91 Å². The highest BCUT2D eigenvalue weighted by Gasteiger charge is 2.59. The van der Waals surface area contributed by atoms with E-state index in [4.69, 9.17) is 28.6 Å². The Morgan fingerprint density at radius 1 is 1.16 bits per heavy atom. The topological polar surface area (TPSA) is 53.6 Å². The molecule has 2 N–H and O–H groups in total. The summed E-state index contributed by atoms with van der Waals surface area (Å²) in [5, 5.41) is 7.19. The zero-order valence-electron chi connectivity index (χ0n) is 17.0. The third-order valence-corrected chi connectivity index (χ3v) is 6.42. The van der Waals surface area contributed by atoms with Crippen LogP contribution in [0.1, 0.15) is 18.5 Å². The monoisotopic (exact) mass is 467 g/mol. The number of nitrogens with zero attached hydrogens (tertiary/aromatic N) is 1. The fraction of sp³-hybridized carbons (Fsp3) is 0.167. The minimum atomic E-state index is -1.20. The molecule has 8 heteroatoms. The van der Waals surface area contributed by atoms with Gasteiger partial charge >= 0.3 is 0 Å². The summed E-state index contributed by atoms with van der Waals surface area (Å²) in [7, 11) is 0. The molecule has 5 nitrogen and oxygen atoms in total. The van der Waals surface area contributed by atoms with Gasteiger partial charge in [0, 0.05) is 22.0 Å². The van der Waals surface area contributed by atoms with Crippen LogP contribution in [0.4, 0.5) is 15.8 Å². The molecule has 1 fully saturated rings. The van der Waals surface area contributed by atoms with Gasteiger partial charge in [0.05, 0.1) is 6.04 Å². The fourth-order valence-corrected chi connectivity index (χ4v) is 5.03. The van der Waals surface area contributed by atoms with Crippen molar-refractivity contribution in [2.24, 2.45) is 5.92 Å². The molecule has 5 rings (SSSR count). The van der Waals surface area contributed by atoms with Crippen LogP contribution in [0, 0.1) is 11.7 Å². The van der Waals surface area contributed by atoms with Gasteiger partial charge in [0.1, 0.15) is 17.5 Å². The van der Waals surface area contributed by atoms with Crippen LogP contribution in [-0.2, 0) is 4.79 Å². The van der Waals surface area contributed by atoms with E-state index in [1.807, 2.05) is 24.3 Å². The standard InChI is InChI=1S/C24H19ClFN3O2S/c1-24-20(22(30)27-16-11-9-14(25)10-12-16)21(18-7-2-3-8-19(18)31-24)28-23(32)29(24)17-6-4-5-15(26)13-17/h2-13,20-21H,1H3,(H,27,30)(H,28,32)/t20-,21+,24-/m0/s1. The van der Waals surface area contributed by atoms with E-state index in [9.17, 15) is 9.18 Å². The Morgan fingerprint density at radius 2 is 1.91 bits per heavy atom. The van der Waals surface area contributed by atoms with Crippen LogP contribution in [0.15, 0.2) is 72.8 Å². The molecule has 3 aromatic rings. The second-order valence-electron chi connectivity index (χ2n) is 7.91. The Balaban J connectivity index is 1.61. The number of carbonyl (C=O) groups excluding carboxylic acids is 1. The van der Waals surface area contributed by atoms with Gasteiger partial charge in [-0.3, -0.25) is 9.69 Å². The van der Waals surface area contributed by atoms with E-state index < -0.39 is 23.5 Å². The third kappa shape index (κ3) is 3.38. The molecule has 3 atom stereocenters. The molecule has 0 unspecified atom stereocenters. The maximum absolute atomic E-state index is 14.1. The highest BCUT2D eigenvalue weighted by molar-refractivity contribution is 7.80. The van der Waals surface area contributed by atoms with E-state index in [1.165, 1.54) is 12.1 Å². The van der Waals surface area contributed by atoms with Crippen LogP contribution in [0.3, 0.4) is 0 Å². The van der Waals surface area contributed by atoms with Gasteiger partial charge in [0.25, 0.3) is 0 Å². The minimum absolute atomic E-state index is 0.259. The summed E-state index contributed by atoms with van der Waals surface area (Å²) >= 11 is 11.6. The average Bonchev–Trinajstić information content (AvgIpc) is 2.74. The Hall–Kier alpha value is -3.16. The number of anilines is 2. The van der Waals surface area contributed by atoms with Crippen LogP contribution in [-0.4, -0.2) is 16.7 Å². The first-order chi connectivity index (χ1) is 15.4. The maximum Gasteiger partial charge on any atom is 0.236 e. The second-order valence-corrected chi connectivity index (χ2v) is 8.73. The molecule has 2 heterocycles. The number of fused-ring (bicyclic) bond motifs is 4. The highest BCUT2D eigenvalue weighted by atomic mass is 35.5. The largest absolute Gasteiger partial charge is 0.467 e. The Labute approximate surface area is 195 Å². The summed E-state index contributed by atoms with van der Waals surface area (Å²) in [5.74, 6) is -0.727. The Bertz CT molecular complexity index is 1220. The van der Waals surface area contributed by atoms with Gasteiger partial charge in [-0.25, -0.2) is 4.39 Å². The van der Waals surface area contributed by atoms with Crippen molar-refractivity contribution < 1.29 is 13.9 Å². The van der Waals surface area contributed by atoms with E-state index in [0.717, 1.165) is 5.56 Å². The molecule has 1 saturated heterocycles. The summed E-state index contributed by atoms with van der Waals surface area (Å²) in [5.41, 5.74) is 0.737. The van der Waals surface area contributed by atoms with Crippen LogP contribution in [0.2, 0.25) is 5.02 Å². The smallest absolute Gasteiger partial charge is 0.236 e. The van der Waals surface area contributed by atoms with Crippen molar-refractivity contribution in [3.8, 4) is 5.75 Å². The quantitative estimate of drug-likeness (QED) is 0.513. The first kappa shape index (κ1) is 20.7. The number of ether oxygens (including phenoxy) is 1. The zero-order valence-corrected chi connectivity index (χ0v) is 18.6. The number of amides is 1. The zero-order chi connectivity index (χ0) is 22.5. The number of halogens is 2. The van der Waals surface area contributed by atoms with Crippen molar-refractivity contribution in [1.82, 2.24) is 5.32 Å². The molecule has 0 radical (unpaired) electrons. The summed E-state index contributed by atoms with van der Waals surface area (Å²) in [4.78, 5) is 15.3. The minimum Gasteiger partial charge on any atom is -0.467 e. The number of hydrogen-bond acceptors (Lipinski definition) is 3. The number of hydrogen-bond donors (Lipinski definition) is 2.